The van der Waals surface area contributed by atoms with Crippen LogP contribution in [0.25, 0.3) is 0 Å². The first-order valence-electron chi connectivity index (χ1n) is 8.01. The number of nitrogens with one attached hydrogen (secondary N) is 1. The highest BCUT2D eigenvalue weighted by molar-refractivity contribution is 5.75. The quantitative estimate of drug-likeness (QED) is 0.612. The van der Waals surface area contributed by atoms with Gasteiger partial charge in [0.25, 0.3) is 0 Å². The summed E-state index contributed by atoms with van der Waals surface area (Å²) in [6, 6.07) is 0. The summed E-state index contributed by atoms with van der Waals surface area (Å²) < 4.78 is 5.28. The van der Waals surface area contributed by atoms with Crippen LogP contribution in [0.15, 0.2) is 0 Å². The monoisotopic (exact) mass is 285 g/mol. The molecule has 0 aliphatic carbocycles. The van der Waals surface area contributed by atoms with Crippen molar-refractivity contribution in [3.05, 3.63) is 0 Å². The zero-order valence-corrected chi connectivity index (χ0v) is 14.5. The van der Waals surface area contributed by atoms with Crippen molar-refractivity contribution in [1.82, 2.24) is 5.32 Å². The number of unbranched alkanes of at least 4 members (excludes halogenated alkanes) is 2. The van der Waals surface area contributed by atoms with Crippen molar-refractivity contribution < 1.29 is 9.53 Å². The van der Waals surface area contributed by atoms with Crippen molar-refractivity contribution in [3.8, 4) is 0 Å². The zero-order chi connectivity index (χ0) is 15.6. The van der Waals surface area contributed by atoms with Gasteiger partial charge in [0.1, 0.15) is 0 Å². The smallest absolute Gasteiger partial charge is 0.220 e. The Bertz CT molecular complexity index is 267. The second kappa shape index (κ2) is 9.38. The van der Waals surface area contributed by atoms with Crippen LogP contribution >= 0.6 is 0 Å². The molecule has 0 saturated heterocycles. The molecule has 0 atom stereocenters. The molecule has 0 aromatic carbocycles. The van der Waals surface area contributed by atoms with Crippen molar-refractivity contribution in [2.24, 2.45) is 10.8 Å². The molecule has 1 N–H and O–H groups in total. The van der Waals surface area contributed by atoms with Crippen LogP contribution < -0.4 is 5.32 Å². The van der Waals surface area contributed by atoms with E-state index in [4.69, 9.17) is 4.74 Å². The van der Waals surface area contributed by atoms with Crippen molar-refractivity contribution >= 4 is 5.91 Å². The average molecular weight is 285 g/mol. The Labute approximate surface area is 125 Å². The Morgan fingerprint density at radius 1 is 1.05 bits per heavy atom. The number of hydrogen-bond acceptors (Lipinski definition) is 2. The fourth-order valence-corrected chi connectivity index (χ4v) is 2.74. The van der Waals surface area contributed by atoms with Crippen LogP contribution in [0.1, 0.15) is 73.6 Å². The summed E-state index contributed by atoms with van der Waals surface area (Å²) in [5.41, 5.74) is 0.455. The van der Waals surface area contributed by atoms with Gasteiger partial charge in [0.05, 0.1) is 0 Å². The van der Waals surface area contributed by atoms with Gasteiger partial charge < -0.3 is 10.1 Å². The summed E-state index contributed by atoms with van der Waals surface area (Å²) in [4.78, 5) is 11.8. The number of hydrogen-bond donors (Lipinski definition) is 1. The summed E-state index contributed by atoms with van der Waals surface area (Å²) in [6.45, 7) is 15.6. The lowest BCUT2D eigenvalue weighted by Crippen LogP contribution is -2.36. The molecule has 0 saturated carbocycles. The molecule has 0 heterocycles. The molecule has 3 nitrogen and oxygen atoms in total. The van der Waals surface area contributed by atoms with E-state index in [2.05, 4.69) is 39.9 Å². The van der Waals surface area contributed by atoms with E-state index in [1.807, 2.05) is 6.92 Å². The third-order valence-corrected chi connectivity index (χ3v) is 3.17. The predicted octanol–water partition coefficient (Wildman–Crippen LogP) is 4.16. The topological polar surface area (TPSA) is 38.3 Å². The Morgan fingerprint density at radius 3 is 2.25 bits per heavy atom. The number of amides is 1. The Hall–Kier alpha value is -0.570. The minimum atomic E-state index is 0.156. The van der Waals surface area contributed by atoms with E-state index in [0.717, 1.165) is 45.4 Å². The molecule has 0 unspecified atom stereocenters. The maximum atomic E-state index is 11.8. The fraction of sp³-hybridized carbons (Fsp3) is 0.941. The van der Waals surface area contributed by atoms with Crippen LogP contribution in [0.4, 0.5) is 0 Å². The molecular weight excluding hydrogens is 250 g/mol. The van der Waals surface area contributed by atoms with Crippen LogP contribution in [0, 0.1) is 10.8 Å². The van der Waals surface area contributed by atoms with Gasteiger partial charge in [-0.2, -0.15) is 0 Å². The maximum absolute atomic E-state index is 11.8. The van der Waals surface area contributed by atoms with Gasteiger partial charge in [-0.1, -0.05) is 41.0 Å². The van der Waals surface area contributed by atoms with E-state index in [-0.39, 0.29) is 11.3 Å². The second-order valence-corrected chi connectivity index (χ2v) is 7.69. The minimum absolute atomic E-state index is 0.156. The summed E-state index contributed by atoms with van der Waals surface area (Å²) in [5.74, 6) is 0.184. The largest absolute Gasteiger partial charge is 0.382 e. The fourth-order valence-electron chi connectivity index (χ4n) is 2.74. The first-order valence-corrected chi connectivity index (χ1v) is 8.01. The van der Waals surface area contributed by atoms with Crippen molar-refractivity contribution in [3.63, 3.8) is 0 Å². The van der Waals surface area contributed by atoms with Crippen molar-refractivity contribution in [1.29, 1.82) is 0 Å². The molecule has 0 aromatic heterocycles. The standard InChI is InChI=1S/C17H35NO2/c1-7-20-12-10-8-9-11-15(19)18-14-17(5,6)13-16(2,3)4/h7-14H2,1-6H3,(H,18,19). The van der Waals surface area contributed by atoms with Crippen molar-refractivity contribution in [2.75, 3.05) is 19.8 Å². The number of rotatable bonds is 10. The SMILES string of the molecule is CCOCCCCCC(=O)NCC(C)(C)CC(C)(C)C. The van der Waals surface area contributed by atoms with E-state index in [1.54, 1.807) is 0 Å². The Morgan fingerprint density at radius 2 is 1.70 bits per heavy atom. The van der Waals surface area contributed by atoms with E-state index in [1.165, 1.54) is 0 Å². The molecule has 1 amide bonds. The third kappa shape index (κ3) is 12.5. The summed E-state index contributed by atoms with van der Waals surface area (Å²) >= 11 is 0. The molecular formula is C17H35NO2. The predicted molar refractivity (Wildman–Crippen MR) is 85.8 cm³/mol. The highest BCUT2D eigenvalue weighted by Crippen LogP contribution is 2.32. The molecule has 0 aromatic rings. The van der Waals surface area contributed by atoms with E-state index < -0.39 is 0 Å². The van der Waals surface area contributed by atoms with Crippen molar-refractivity contribution in [2.45, 2.75) is 73.6 Å². The Balaban J connectivity index is 3.71. The van der Waals surface area contributed by atoms with Gasteiger partial charge in [-0.25, -0.2) is 0 Å². The van der Waals surface area contributed by atoms with Gasteiger partial charge in [-0.05, 0) is 37.0 Å². The van der Waals surface area contributed by atoms with E-state index >= 15 is 0 Å². The lowest BCUT2D eigenvalue weighted by Gasteiger charge is -2.32. The van der Waals surface area contributed by atoms with Crippen LogP contribution in [0.2, 0.25) is 0 Å². The average Bonchev–Trinajstić information content (AvgIpc) is 2.28. The van der Waals surface area contributed by atoms with E-state index in [9.17, 15) is 4.79 Å². The molecule has 120 valence electrons. The van der Waals surface area contributed by atoms with Gasteiger partial charge in [0, 0.05) is 26.2 Å². The van der Waals surface area contributed by atoms with Gasteiger partial charge in [-0.3, -0.25) is 4.79 Å². The molecule has 0 bridgehead atoms. The number of carbonyl (C=O) groups is 1. The second-order valence-electron chi connectivity index (χ2n) is 7.69. The van der Waals surface area contributed by atoms with Crippen LogP contribution in [0.5, 0.6) is 0 Å². The Kier molecular flexibility index (Phi) is 9.11. The zero-order valence-electron chi connectivity index (χ0n) is 14.5. The molecule has 20 heavy (non-hydrogen) atoms. The van der Waals surface area contributed by atoms with Gasteiger partial charge >= 0.3 is 0 Å². The minimum Gasteiger partial charge on any atom is -0.382 e. The number of carbonyl (C=O) groups excluding carboxylic acids is 1. The molecule has 0 spiro atoms. The third-order valence-electron chi connectivity index (χ3n) is 3.17. The lowest BCUT2D eigenvalue weighted by molar-refractivity contribution is -0.121. The van der Waals surface area contributed by atoms with Crippen LogP contribution in [0.3, 0.4) is 0 Å². The van der Waals surface area contributed by atoms with Crippen LogP contribution in [-0.2, 0) is 9.53 Å². The summed E-state index contributed by atoms with van der Waals surface area (Å²) in [5, 5.41) is 3.08. The molecule has 0 fully saturated rings. The highest BCUT2D eigenvalue weighted by Gasteiger charge is 2.25. The normalized spacial score (nSPS) is 12.5. The number of ether oxygens (including phenoxy) is 1. The first-order chi connectivity index (χ1) is 9.16. The van der Waals surface area contributed by atoms with E-state index in [0.29, 0.717) is 11.8 Å². The van der Waals surface area contributed by atoms with Gasteiger partial charge in [-0.15, -0.1) is 0 Å². The maximum Gasteiger partial charge on any atom is 0.220 e. The summed E-state index contributed by atoms with van der Waals surface area (Å²) in [7, 11) is 0. The molecule has 0 aliphatic rings. The first kappa shape index (κ1) is 19.4. The summed E-state index contributed by atoms with van der Waals surface area (Å²) in [6.07, 6.45) is 4.82. The van der Waals surface area contributed by atoms with Crippen LogP contribution in [-0.4, -0.2) is 25.7 Å². The molecule has 0 radical (unpaired) electrons. The molecule has 0 aliphatic heterocycles. The lowest BCUT2D eigenvalue weighted by atomic mass is 9.76. The van der Waals surface area contributed by atoms with Gasteiger partial charge in [0.2, 0.25) is 5.91 Å². The highest BCUT2D eigenvalue weighted by atomic mass is 16.5. The van der Waals surface area contributed by atoms with Gasteiger partial charge in [0.15, 0.2) is 0 Å². The molecule has 0 rings (SSSR count). The molecule has 3 heteroatoms.